The second-order valence-corrected chi connectivity index (χ2v) is 3.40. The van der Waals surface area contributed by atoms with Gasteiger partial charge in [-0.1, -0.05) is 32.6 Å². The van der Waals surface area contributed by atoms with Crippen LogP contribution in [0.3, 0.4) is 0 Å². The van der Waals surface area contributed by atoms with Crippen LogP contribution >= 0.6 is 15.9 Å². The maximum atomic E-state index is 10.4. The highest BCUT2D eigenvalue weighted by Gasteiger charge is 1.93. The Morgan fingerprint density at radius 2 is 1.80 bits per heavy atom. The zero-order chi connectivity index (χ0) is 7.82. The summed E-state index contributed by atoms with van der Waals surface area (Å²) in [4.78, 5) is 10.4. The van der Waals surface area contributed by atoms with Gasteiger partial charge in [-0.15, -0.1) is 0 Å². The van der Waals surface area contributed by atoms with Crippen LogP contribution in [-0.2, 0) is 4.79 Å². The van der Waals surface area contributed by atoms with Crippen LogP contribution in [0.4, 0.5) is 0 Å². The maximum absolute atomic E-state index is 10.4. The Bertz CT molecular complexity index is 91.3. The molecule has 0 rings (SSSR count). The number of unbranched alkanes of at least 4 members (excludes halogenated alkanes) is 4. The summed E-state index contributed by atoms with van der Waals surface area (Å²) in [5, 5.41) is 0. The lowest BCUT2D eigenvalue weighted by atomic mass is 10.1. The van der Waals surface area contributed by atoms with Crippen molar-refractivity contribution < 1.29 is 4.79 Å². The molecule has 0 saturated heterocycles. The van der Waals surface area contributed by atoms with Gasteiger partial charge in [0, 0.05) is 6.42 Å². The summed E-state index contributed by atoms with van der Waals surface area (Å²) in [6, 6.07) is 0. The fourth-order valence-corrected chi connectivity index (χ4v) is 1.15. The summed E-state index contributed by atoms with van der Waals surface area (Å²) in [7, 11) is 0. The van der Waals surface area contributed by atoms with Crippen LogP contribution in [0.25, 0.3) is 0 Å². The molecule has 0 saturated carbocycles. The molecule has 0 spiro atoms. The largest absolute Gasteiger partial charge is 0.287 e. The first-order valence-electron chi connectivity index (χ1n) is 3.95. The van der Waals surface area contributed by atoms with E-state index in [1.807, 2.05) is 0 Å². The molecule has 0 radical (unpaired) electrons. The predicted molar refractivity (Wildman–Crippen MR) is 47.3 cm³/mol. The van der Waals surface area contributed by atoms with Crippen LogP contribution in [0.1, 0.15) is 45.4 Å². The van der Waals surface area contributed by atoms with Crippen molar-refractivity contribution in [1.29, 1.82) is 0 Å². The van der Waals surface area contributed by atoms with Gasteiger partial charge < -0.3 is 0 Å². The first-order chi connectivity index (χ1) is 4.77. The maximum Gasteiger partial charge on any atom is 0.197 e. The van der Waals surface area contributed by atoms with E-state index in [0.717, 1.165) is 6.42 Å². The molecular weight excluding hydrogens is 192 g/mol. The van der Waals surface area contributed by atoms with Crippen LogP contribution < -0.4 is 0 Å². The highest BCUT2D eigenvalue weighted by molar-refractivity contribution is 9.18. The van der Waals surface area contributed by atoms with Gasteiger partial charge in [-0.3, -0.25) is 4.79 Å². The molecular formula is C8H15BrO. The van der Waals surface area contributed by atoms with Crippen molar-refractivity contribution in [3.63, 3.8) is 0 Å². The van der Waals surface area contributed by atoms with E-state index < -0.39 is 0 Å². The summed E-state index contributed by atoms with van der Waals surface area (Å²) in [6.07, 6.45) is 6.79. The van der Waals surface area contributed by atoms with Gasteiger partial charge in [0.15, 0.2) is 4.69 Å². The Morgan fingerprint density at radius 3 is 2.30 bits per heavy atom. The van der Waals surface area contributed by atoms with Crippen molar-refractivity contribution in [2.75, 3.05) is 0 Å². The summed E-state index contributed by atoms with van der Waals surface area (Å²) >= 11 is 2.90. The van der Waals surface area contributed by atoms with Gasteiger partial charge in [0.1, 0.15) is 0 Å². The van der Waals surface area contributed by atoms with Crippen LogP contribution in [0.5, 0.6) is 0 Å². The molecule has 0 atom stereocenters. The molecule has 2 heteroatoms. The Labute approximate surface area is 71.3 Å². The summed E-state index contributed by atoms with van der Waals surface area (Å²) in [5.74, 6) is 0. The smallest absolute Gasteiger partial charge is 0.197 e. The van der Waals surface area contributed by atoms with Gasteiger partial charge in [-0.2, -0.15) is 0 Å². The van der Waals surface area contributed by atoms with Crippen LogP contribution in [0.2, 0.25) is 0 Å². The van der Waals surface area contributed by atoms with E-state index in [9.17, 15) is 4.79 Å². The van der Waals surface area contributed by atoms with Crippen LogP contribution in [0.15, 0.2) is 0 Å². The van der Waals surface area contributed by atoms with Gasteiger partial charge in [0.05, 0.1) is 0 Å². The third-order valence-electron chi connectivity index (χ3n) is 1.48. The number of carbonyl (C=O) groups excluding carboxylic acids is 1. The van der Waals surface area contributed by atoms with Gasteiger partial charge in [0.2, 0.25) is 0 Å². The van der Waals surface area contributed by atoms with E-state index >= 15 is 0 Å². The fourth-order valence-electron chi connectivity index (χ4n) is 0.868. The molecule has 1 nitrogen and oxygen atoms in total. The molecule has 10 heavy (non-hydrogen) atoms. The summed E-state index contributed by atoms with van der Waals surface area (Å²) in [6.45, 7) is 2.19. The van der Waals surface area contributed by atoms with Crippen LogP contribution in [-0.4, -0.2) is 4.69 Å². The van der Waals surface area contributed by atoms with E-state index in [2.05, 4.69) is 22.9 Å². The number of hydrogen-bond acceptors (Lipinski definition) is 1. The summed E-state index contributed by atoms with van der Waals surface area (Å²) in [5.41, 5.74) is 0. The molecule has 0 bridgehead atoms. The van der Waals surface area contributed by atoms with E-state index in [4.69, 9.17) is 0 Å². The average Bonchev–Trinajstić information content (AvgIpc) is 1.87. The topological polar surface area (TPSA) is 17.1 Å². The second kappa shape index (κ2) is 7.26. The SMILES string of the molecule is CCCCCCCC(=O)Br. The standard InChI is InChI=1S/C8H15BrO/c1-2-3-4-5-6-7-8(9)10/h2-7H2,1H3. The lowest BCUT2D eigenvalue weighted by Gasteiger charge is -1.95. The molecule has 0 aromatic rings. The third kappa shape index (κ3) is 8.15. The third-order valence-corrected chi connectivity index (χ3v) is 1.87. The van der Waals surface area contributed by atoms with Crippen molar-refractivity contribution in [2.24, 2.45) is 0 Å². The first-order valence-corrected chi connectivity index (χ1v) is 4.75. The minimum Gasteiger partial charge on any atom is -0.287 e. The molecule has 0 fully saturated rings. The molecule has 0 heterocycles. The van der Waals surface area contributed by atoms with Gasteiger partial charge in [-0.05, 0) is 22.4 Å². The molecule has 0 N–H and O–H groups in total. The molecule has 0 unspecified atom stereocenters. The average molecular weight is 207 g/mol. The van der Waals surface area contributed by atoms with Gasteiger partial charge in [-0.25, -0.2) is 0 Å². The van der Waals surface area contributed by atoms with E-state index in [0.29, 0.717) is 6.42 Å². The quantitative estimate of drug-likeness (QED) is 0.482. The molecule has 60 valence electrons. The normalized spacial score (nSPS) is 9.80. The molecule has 0 aliphatic heterocycles. The summed E-state index contributed by atoms with van der Waals surface area (Å²) < 4.78 is 0.143. The van der Waals surface area contributed by atoms with Crippen LogP contribution in [0, 0.1) is 0 Å². The first kappa shape index (κ1) is 10.2. The van der Waals surface area contributed by atoms with Crippen molar-refractivity contribution in [3.8, 4) is 0 Å². The Balaban J connectivity index is 2.84. The van der Waals surface area contributed by atoms with E-state index in [-0.39, 0.29) is 4.69 Å². The molecule has 0 aromatic carbocycles. The van der Waals surface area contributed by atoms with E-state index in [1.165, 1.54) is 25.7 Å². The molecule has 0 aromatic heterocycles. The van der Waals surface area contributed by atoms with Crippen molar-refractivity contribution >= 4 is 20.6 Å². The molecule has 0 aliphatic carbocycles. The van der Waals surface area contributed by atoms with Crippen molar-refractivity contribution in [1.82, 2.24) is 0 Å². The van der Waals surface area contributed by atoms with Crippen molar-refractivity contribution in [3.05, 3.63) is 0 Å². The second-order valence-electron chi connectivity index (χ2n) is 2.52. The minimum atomic E-state index is 0.143. The predicted octanol–water partition coefficient (Wildman–Crippen LogP) is 3.27. The minimum absolute atomic E-state index is 0.143. The molecule has 0 aliphatic rings. The number of rotatable bonds is 6. The Hall–Kier alpha value is 0.150. The van der Waals surface area contributed by atoms with Crippen molar-refractivity contribution in [2.45, 2.75) is 45.4 Å². The Morgan fingerprint density at radius 1 is 1.20 bits per heavy atom. The van der Waals surface area contributed by atoms with Gasteiger partial charge in [0.25, 0.3) is 0 Å². The zero-order valence-electron chi connectivity index (χ0n) is 6.53. The Kier molecular flexibility index (Phi) is 7.37. The lowest BCUT2D eigenvalue weighted by molar-refractivity contribution is -0.110. The lowest BCUT2D eigenvalue weighted by Crippen LogP contribution is -1.84. The number of carbonyl (C=O) groups is 1. The number of hydrogen-bond donors (Lipinski definition) is 0. The van der Waals surface area contributed by atoms with Gasteiger partial charge >= 0.3 is 0 Å². The monoisotopic (exact) mass is 206 g/mol. The van der Waals surface area contributed by atoms with E-state index in [1.54, 1.807) is 0 Å². The number of halogens is 1. The fraction of sp³-hybridized carbons (Fsp3) is 0.875. The highest BCUT2D eigenvalue weighted by atomic mass is 79.9. The zero-order valence-corrected chi connectivity index (χ0v) is 8.11. The highest BCUT2D eigenvalue weighted by Crippen LogP contribution is 2.06. The molecule has 0 amide bonds.